The van der Waals surface area contributed by atoms with Crippen molar-refractivity contribution in [2.75, 3.05) is 19.6 Å². The van der Waals surface area contributed by atoms with Crippen molar-refractivity contribution in [1.29, 1.82) is 0 Å². The Labute approximate surface area is 141 Å². The van der Waals surface area contributed by atoms with Crippen molar-refractivity contribution in [3.63, 3.8) is 0 Å². The van der Waals surface area contributed by atoms with Crippen LogP contribution in [0.1, 0.15) is 17.2 Å². The third-order valence-corrected chi connectivity index (χ3v) is 4.00. The Kier molecular flexibility index (Phi) is 6.13. The number of carbonyl (C=O) groups is 1. The minimum absolute atomic E-state index is 0. The summed E-state index contributed by atoms with van der Waals surface area (Å²) < 4.78 is 13.5. The van der Waals surface area contributed by atoms with Crippen LogP contribution in [0.3, 0.4) is 0 Å². The summed E-state index contributed by atoms with van der Waals surface area (Å²) in [5, 5.41) is 3.29. The van der Waals surface area contributed by atoms with Gasteiger partial charge in [-0.2, -0.15) is 0 Å². The predicted molar refractivity (Wildman–Crippen MR) is 91.1 cm³/mol. The van der Waals surface area contributed by atoms with Crippen molar-refractivity contribution in [3.8, 4) is 0 Å². The fourth-order valence-electron chi connectivity index (χ4n) is 2.89. The van der Waals surface area contributed by atoms with Crippen LogP contribution in [0.5, 0.6) is 0 Å². The first kappa shape index (κ1) is 17.4. The van der Waals surface area contributed by atoms with Crippen LogP contribution in [-0.4, -0.2) is 30.4 Å². The molecule has 2 aromatic rings. The van der Waals surface area contributed by atoms with Crippen LogP contribution in [0.4, 0.5) is 4.39 Å². The normalized spacial score (nSPS) is 17.4. The number of benzene rings is 2. The van der Waals surface area contributed by atoms with Gasteiger partial charge in [-0.25, -0.2) is 4.39 Å². The van der Waals surface area contributed by atoms with Gasteiger partial charge in [0.2, 0.25) is 5.91 Å². The van der Waals surface area contributed by atoms with Gasteiger partial charge in [-0.1, -0.05) is 42.5 Å². The molecule has 1 saturated heterocycles. The summed E-state index contributed by atoms with van der Waals surface area (Å²) in [7, 11) is 0. The molecule has 0 spiro atoms. The van der Waals surface area contributed by atoms with Gasteiger partial charge in [0.1, 0.15) is 5.82 Å². The van der Waals surface area contributed by atoms with Gasteiger partial charge in [0, 0.05) is 19.6 Å². The van der Waals surface area contributed by atoms with E-state index in [1.165, 1.54) is 12.1 Å². The van der Waals surface area contributed by atoms with Crippen LogP contribution in [0.2, 0.25) is 0 Å². The van der Waals surface area contributed by atoms with Crippen LogP contribution in [-0.2, 0) is 11.2 Å². The van der Waals surface area contributed by atoms with Gasteiger partial charge in [-0.3, -0.25) is 4.79 Å². The molecule has 1 unspecified atom stereocenters. The zero-order chi connectivity index (χ0) is 15.4. The Hall–Kier alpha value is -1.91. The van der Waals surface area contributed by atoms with Gasteiger partial charge in [0.15, 0.2) is 0 Å². The molecule has 5 heteroatoms. The summed E-state index contributed by atoms with van der Waals surface area (Å²) in [6.07, 6.45) is 0.382. The molecule has 1 aliphatic rings. The van der Waals surface area contributed by atoms with E-state index in [4.69, 9.17) is 0 Å². The Bertz CT molecular complexity index is 650. The molecule has 122 valence electrons. The van der Waals surface area contributed by atoms with E-state index in [-0.39, 0.29) is 30.2 Å². The highest BCUT2D eigenvalue weighted by atomic mass is 35.5. The molecule has 2 aromatic carbocycles. The van der Waals surface area contributed by atoms with E-state index in [2.05, 4.69) is 5.32 Å². The number of halogens is 2. The largest absolute Gasteiger partial charge is 0.333 e. The van der Waals surface area contributed by atoms with Crippen LogP contribution in [0, 0.1) is 5.82 Å². The van der Waals surface area contributed by atoms with Crippen LogP contribution >= 0.6 is 12.4 Å². The molecule has 1 aliphatic heterocycles. The van der Waals surface area contributed by atoms with Gasteiger partial charge >= 0.3 is 0 Å². The topological polar surface area (TPSA) is 32.3 Å². The Morgan fingerprint density at radius 3 is 2.70 bits per heavy atom. The van der Waals surface area contributed by atoms with Crippen LogP contribution < -0.4 is 5.32 Å². The van der Waals surface area contributed by atoms with E-state index in [0.29, 0.717) is 19.5 Å². The third-order valence-electron chi connectivity index (χ3n) is 4.00. The standard InChI is InChI=1S/C18H19FN2O.ClH/c19-16-8-4-7-15(12-16)17-13-20-9-10-21(17)18(22)11-14-5-2-1-3-6-14;/h1-8,12,17,20H,9-11,13H2;1H. The number of rotatable bonds is 3. The van der Waals surface area contributed by atoms with Crippen molar-refractivity contribution in [3.05, 3.63) is 71.5 Å². The minimum atomic E-state index is -0.265. The molecule has 23 heavy (non-hydrogen) atoms. The second-order valence-electron chi connectivity index (χ2n) is 5.52. The second-order valence-corrected chi connectivity index (χ2v) is 5.52. The number of carbonyl (C=O) groups excluding carboxylic acids is 1. The first-order valence-electron chi connectivity index (χ1n) is 7.53. The summed E-state index contributed by atoms with van der Waals surface area (Å²) in [6.45, 7) is 2.07. The quantitative estimate of drug-likeness (QED) is 0.936. The highest BCUT2D eigenvalue weighted by Crippen LogP contribution is 2.23. The molecular weight excluding hydrogens is 315 g/mol. The molecule has 0 radical (unpaired) electrons. The molecule has 1 amide bonds. The van der Waals surface area contributed by atoms with E-state index in [0.717, 1.165) is 17.7 Å². The molecule has 3 rings (SSSR count). The molecule has 0 aliphatic carbocycles. The Morgan fingerprint density at radius 2 is 1.96 bits per heavy atom. The average Bonchev–Trinajstić information content (AvgIpc) is 2.56. The summed E-state index contributed by atoms with van der Waals surface area (Å²) in [6, 6.07) is 16.1. The molecule has 1 fully saturated rings. The first-order valence-corrected chi connectivity index (χ1v) is 7.53. The monoisotopic (exact) mass is 334 g/mol. The fraction of sp³-hybridized carbons (Fsp3) is 0.278. The maximum Gasteiger partial charge on any atom is 0.227 e. The lowest BCUT2D eigenvalue weighted by Crippen LogP contribution is -2.49. The zero-order valence-electron chi connectivity index (χ0n) is 12.7. The fourth-order valence-corrected chi connectivity index (χ4v) is 2.89. The molecule has 0 bridgehead atoms. The number of piperazine rings is 1. The maximum atomic E-state index is 13.5. The number of amides is 1. The predicted octanol–water partition coefficient (Wildman–Crippen LogP) is 2.96. The second kappa shape index (κ2) is 8.09. The number of nitrogens with zero attached hydrogens (tertiary/aromatic N) is 1. The van der Waals surface area contributed by atoms with Gasteiger partial charge in [-0.15, -0.1) is 12.4 Å². The van der Waals surface area contributed by atoms with E-state index in [9.17, 15) is 9.18 Å². The highest BCUT2D eigenvalue weighted by Gasteiger charge is 2.27. The summed E-state index contributed by atoms with van der Waals surface area (Å²) in [4.78, 5) is 14.5. The van der Waals surface area contributed by atoms with E-state index < -0.39 is 0 Å². The van der Waals surface area contributed by atoms with Gasteiger partial charge in [-0.05, 0) is 23.3 Å². The Morgan fingerprint density at radius 1 is 1.17 bits per heavy atom. The highest BCUT2D eigenvalue weighted by molar-refractivity contribution is 5.85. The zero-order valence-corrected chi connectivity index (χ0v) is 13.6. The lowest BCUT2D eigenvalue weighted by Gasteiger charge is -2.36. The lowest BCUT2D eigenvalue weighted by molar-refractivity contribution is -0.133. The molecule has 3 nitrogen and oxygen atoms in total. The third kappa shape index (κ3) is 4.30. The van der Waals surface area contributed by atoms with E-state index in [1.54, 1.807) is 6.07 Å². The number of nitrogens with one attached hydrogen (secondary N) is 1. The molecule has 0 aromatic heterocycles. The van der Waals surface area contributed by atoms with E-state index >= 15 is 0 Å². The van der Waals surface area contributed by atoms with Crippen molar-refractivity contribution in [1.82, 2.24) is 10.2 Å². The summed E-state index contributed by atoms with van der Waals surface area (Å²) >= 11 is 0. The first-order chi connectivity index (χ1) is 10.7. The van der Waals surface area contributed by atoms with Crippen molar-refractivity contribution >= 4 is 18.3 Å². The summed E-state index contributed by atoms with van der Waals surface area (Å²) in [5.74, 6) is -0.180. The van der Waals surface area contributed by atoms with Gasteiger partial charge in [0.25, 0.3) is 0 Å². The molecule has 0 saturated carbocycles. The molecular formula is C18H20ClFN2O. The SMILES string of the molecule is Cl.O=C(Cc1ccccc1)N1CCNCC1c1cccc(F)c1. The van der Waals surface area contributed by atoms with Crippen molar-refractivity contribution in [2.24, 2.45) is 0 Å². The van der Waals surface area contributed by atoms with E-state index in [1.807, 2.05) is 41.3 Å². The van der Waals surface area contributed by atoms with Crippen molar-refractivity contribution < 1.29 is 9.18 Å². The van der Waals surface area contributed by atoms with Crippen LogP contribution in [0.15, 0.2) is 54.6 Å². The molecule has 1 heterocycles. The Balaban J connectivity index is 0.00000192. The summed E-state index contributed by atoms with van der Waals surface area (Å²) in [5.41, 5.74) is 1.85. The van der Waals surface area contributed by atoms with Gasteiger partial charge in [0.05, 0.1) is 12.5 Å². The van der Waals surface area contributed by atoms with Crippen LogP contribution in [0.25, 0.3) is 0 Å². The van der Waals surface area contributed by atoms with Gasteiger partial charge < -0.3 is 10.2 Å². The number of hydrogen-bond donors (Lipinski definition) is 1. The molecule has 1 N–H and O–H groups in total. The molecule has 1 atom stereocenters. The maximum absolute atomic E-state index is 13.5. The van der Waals surface area contributed by atoms with Crippen molar-refractivity contribution in [2.45, 2.75) is 12.5 Å². The smallest absolute Gasteiger partial charge is 0.227 e. The number of hydrogen-bond acceptors (Lipinski definition) is 2. The minimum Gasteiger partial charge on any atom is -0.333 e. The average molecular weight is 335 g/mol. The lowest BCUT2D eigenvalue weighted by atomic mass is 10.0.